The van der Waals surface area contributed by atoms with Crippen LogP contribution in [0.5, 0.6) is 0 Å². The smallest absolute Gasteiger partial charge is 0.104 e. The van der Waals surface area contributed by atoms with Crippen molar-refractivity contribution < 1.29 is 0 Å². The Morgan fingerprint density at radius 2 is 2.20 bits per heavy atom. The molecule has 1 aliphatic rings. The molecule has 1 aromatic carbocycles. The van der Waals surface area contributed by atoms with Gasteiger partial charge in [0.25, 0.3) is 0 Å². The molecule has 0 radical (unpaired) electrons. The van der Waals surface area contributed by atoms with Crippen molar-refractivity contribution in [1.82, 2.24) is 9.80 Å². The van der Waals surface area contributed by atoms with Crippen LogP contribution in [-0.2, 0) is 0 Å². The van der Waals surface area contributed by atoms with Gasteiger partial charge in [0.15, 0.2) is 0 Å². The number of nitrogens with one attached hydrogen (secondary N) is 1. The quantitative estimate of drug-likeness (QED) is 0.804. The molecule has 0 spiro atoms. The molecule has 1 aromatic rings. The number of hydrogen-bond acceptors (Lipinski definition) is 4. The van der Waals surface area contributed by atoms with Crippen LogP contribution in [0.2, 0.25) is 0 Å². The van der Waals surface area contributed by atoms with Crippen LogP contribution in [0.4, 0.5) is 5.69 Å². The summed E-state index contributed by atoms with van der Waals surface area (Å²) in [7, 11) is 4.36. The number of nitrogens with two attached hydrogens (primary N) is 1. The van der Waals surface area contributed by atoms with Crippen LogP contribution in [0.15, 0.2) is 22.7 Å². The van der Waals surface area contributed by atoms with Gasteiger partial charge in [-0.1, -0.05) is 12.2 Å². The highest BCUT2D eigenvalue weighted by atomic mass is 79.9. The summed E-state index contributed by atoms with van der Waals surface area (Å²) in [6, 6.07) is 6.45. The van der Waals surface area contributed by atoms with Crippen LogP contribution in [0, 0.1) is 0 Å². The first-order chi connectivity index (χ1) is 9.47. The lowest BCUT2D eigenvalue weighted by Gasteiger charge is -2.38. The Morgan fingerprint density at radius 1 is 1.45 bits per heavy atom. The minimum Gasteiger partial charge on any atom is -0.389 e. The Bertz CT molecular complexity index is 494. The van der Waals surface area contributed by atoms with Gasteiger partial charge in [0, 0.05) is 47.9 Å². The Kier molecular flexibility index (Phi) is 5.37. The van der Waals surface area contributed by atoms with Crippen molar-refractivity contribution in [2.24, 2.45) is 5.73 Å². The van der Waals surface area contributed by atoms with E-state index in [1.165, 1.54) is 0 Å². The molecule has 110 valence electrons. The van der Waals surface area contributed by atoms with E-state index in [0.29, 0.717) is 11.0 Å². The Balaban J connectivity index is 1.98. The van der Waals surface area contributed by atoms with Crippen LogP contribution >= 0.6 is 28.1 Å². The van der Waals surface area contributed by atoms with Crippen LogP contribution in [-0.4, -0.2) is 61.1 Å². The van der Waals surface area contributed by atoms with Crippen molar-refractivity contribution in [3.05, 3.63) is 28.2 Å². The minimum atomic E-state index is 0.422. The zero-order chi connectivity index (χ0) is 14.7. The first-order valence-electron chi connectivity index (χ1n) is 6.69. The number of nitrogens with zero attached hydrogens (tertiary/aromatic N) is 2. The Morgan fingerprint density at radius 3 is 2.85 bits per heavy atom. The van der Waals surface area contributed by atoms with Crippen molar-refractivity contribution in [1.29, 1.82) is 0 Å². The van der Waals surface area contributed by atoms with E-state index in [0.717, 1.165) is 41.9 Å². The molecule has 0 aliphatic carbocycles. The summed E-state index contributed by atoms with van der Waals surface area (Å²) in [5.41, 5.74) is 7.59. The predicted octanol–water partition coefficient (Wildman–Crippen LogP) is 1.74. The van der Waals surface area contributed by atoms with Gasteiger partial charge in [0.2, 0.25) is 0 Å². The van der Waals surface area contributed by atoms with Gasteiger partial charge in [0.05, 0.1) is 0 Å². The molecule has 1 unspecified atom stereocenters. The standard InChI is InChI=1S/C14H21BrN4S/c1-18-5-6-19(2)11(9-18)8-17-13-4-3-10(14(16)20)7-12(13)15/h3-4,7,11,17H,5-6,8-9H2,1-2H3,(H2,16,20). The van der Waals surface area contributed by atoms with E-state index in [1.54, 1.807) is 0 Å². The topological polar surface area (TPSA) is 44.5 Å². The molecule has 3 N–H and O–H groups in total. The molecular weight excluding hydrogens is 336 g/mol. The van der Waals surface area contributed by atoms with E-state index in [1.807, 2.05) is 18.2 Å². The van der Waals surface area contributed by atoms with E-state index in [-0.39, 0.29) is 0 Å². The van der Waals surface area contributed by atoms with Gasteiger partial charge in [-0.15, -0.1) is 0 Å². The summed E-state index contributed by atoms with van der Waals surface area (Å²) < 4.78 is 0.995. The largest absolute Gasteiger partial charge is 0.389 e. The molecule has 1 fully saturated rings. The van der Waals surface area contributed by atoms with Gasteiger partial charge in [-0.3, -0.25) is 4.90 Å². The third-order valence-corrected chi connectivity index (χ3v) is 4.65. The lowest BCUT2D eigenvalue weighted by Crippen LogP contribution is -2.52. The SMILES string of the molecule is CN1CCN(C)C(CNc2ccc(C(N)=S)cc2Br)C1. The average molecular weight is 357 g/mol. The van der Waals surface area contributed by atoms with Gasteiger partial charge >= 0.3 is 0 Å². The molecule has 20 heavy (non-hydrogen) atoms. The predicted molar refractivity (Wildman–Crippen MR) is 92.4 cm³/mol. The molecule has 0 aromatic heterocycles. The molecular formula is C14H21BrN4S. The summed E-state index contributed by atoms with van der Waals surface area (Å²) in [6.45, 7) is 4.27. The fraction of sp³-hybridized carbons (Fsp3) is 0.500. The number of piperazine rings is 1. The molecule has 0 amide bonds. The highest BCUT2D eigenvalue weighted by Crippen LogP contribution is 2.24. The number of benzene rings is 1. The summed E-state index contributed by atoms with van der Waals surface area (Å²) in [4.78, 5) is 5.20. The fourth-order valence-electron chi connectivity index (χ4n) is 2.36. The summed E-state index contributed by atoms with van der Waals surface area (Å²) >= 11 is 8.55. The van der Waals surface area contributed by atoms with Gasteiger partial charge in [0.1, 0.15) is 4.99 Å². The molecule has 2 rings (SSSR count). The van der Waals surface area contributed by atoms with E-state index in [4.69, 9.17) is 18.0 Å². The number of hydrogen-bond donors (Lipinski definition) is 2. The average Bonchev–Trinajstić information content (AvgIpc) is 2.40. The fourth-order valence-corrected chi connectivity index (χ4v) is 3.01. The number of halogens is 1. The molecule has 0 bridgehead atoms. The molecule has 1 saturated heterocycles. The van der Waals surface area contributed by atoms with Gasteiger partial charge in [-0.2, -0.15) is 0 Å². The second-order valence-corrected chi connectivity index (χ2v) is 6.63. The highest BCUT2D eigenvalue weighted by molar-refractivity contribution is 9.10. The molecule has 4 nitrogen and oxygen atoms in total. The zero-order valence-electron chi connectivity index (χ0n) is 11.9. The van der Waals surface area contributed by atoms with Crippen molar-refractivity contribution >= 4 is 38.8 Å². The lowest BCUT2D eigenvalue weighted by atomic mass is 10.1. The van der Waals surface area contributed by atoms with Crippen molar-refractivity contribution in [3.63, 3.8) is 0 Å². The van der Waals surface area contributed by atoms with Crippen LogP contribution in [0.3, 0.4) is 0 Å². The molecule has 1 aliphatic heterocycles. The summed E-state index contributed by atoms with van der Waals surface area (Å²) in [5.74, 6) is 0. The number of likely N-dealkylation sites (N-methyl/N-ethyl adjacent to an activating group) is 2. The number of anilines is 1. The zero-order valence-corrected chi connectivity index (χ0v) is 14.3. The normalized spacial score (nSPS) is 20.9. The maximum Gasteiger partial charge on any atom is 0.104 e. The van der Waals surface area contributed by atoms with Gasteiger partial charge in [-0.05, 0) is 48.2 Å². The van der Waals surface area contributed by atoms with Crippen molar-refractivity contribution in [2.45, 2.75) is 6.04 Å². The monoisotopic (exact) mass is 356 g/mol. The van der Waals surface area contributed by atoms with E-state index in [9.17, 15) is 0 Å². The third kappa shape index (κ3) is 3.91. The van der Waals surface area contributed by atoms with E-state index in [2.05, 4.69) is 45.1 Å². The van der Waals surface area contributed by atoms with Crippen LogP contribution in [0.25, 0.3) is 0 Å². The number of thiocarbonyl (C=S) groups is 1. The Hall–Kier alpha value is -0.690. The number of rotatable bonds is 4. The van der Waals surface area contributed by atoms with Crippen molar-refractivity contribution in [2.75, 3.05) is 45.6 Å². The highest BCUT2D eigenvalue weighted by Gasteiger charge is 2.21. The first kappa shape index (κ1) is 15.7. The molecule has 1 heterocycles. The summed E-state index contributed by atoms with van der Waals surface area (Å²) in [6.07, 6.45) is 0. The molecule has 0 saturated carbocycles. The molecule has 6 heteroatoms. The molecule has 1 atom stereocenters. The third-order valence-electron chi connectivity index (χ3n) is 3.76. The van der Waals surface area contributed by atoms with Gasteiger partial charge in [-0.25, -0.2) is 0 Å². The van der Waals surface area contributed by atoms with E-state index >= 15 is 0 Å². The maximum atomic E-state index is 5.64. The van der Waals surface area contributed by atoms with Crippen molar-refractivity contribution in [3.8, 4) is 0 Å². The summed E-state index contributed by atoms with van der Waals surface area (Å²) in [5, 5.41) is 3.50. The first-order valence-corrected chi connectivity index (χ1v) is 7.89. The maximum absolute atomic E-state index is 5.64. The van der Waals surface area contributed by atoms with Crippen LogP contribution in [0.1, 0.15) is 5.56 Å². The lowest BCUT2D eigenvalue weighted by molar-refractivity contribution is 0.122. The van der Waals surface area contributed by atoms with Crippen LogP contribution < -0.4 is 11.1 Å². The van der Waals surface area contributed by atoms with Gasteiger partial charge < -0.3 is 16.0 Å². The van der Waals surface area contributed by atoms with E-state index < -0.39 is 0 Å². The Labute approximate surface area is 134 Å². The minimum absolute atomic E-state index is 0.422. The second kappa shape index (κ2) is 6.85. The second-order valence-electron chi connectivity index (χ2n) is 5.34.